The van der Waals surface area contributed by atoms with Crippen molar-refractivity contribution in [1.29, 1.82) is 0 Å². The summed E-state index contributed by atoms with van der Waals surface area (Å²) >= 11 is 0. The molecule has 0 radical (unpaired) electrons. The maximum absolute atomic E-state index is 12.7. The molecule has 0 aromatic heterocycles. The normalized spacial score (nSPS) is 14.8. The minimum atomic E-state index is -4.43. The summed E-state index contributed by atoms with van der Waals surface area (Å²) < 4.78 is 38.2. The van der Waals surface area contributed by atoms with Crippen LogP contribution in [0.2, 0.25) is 0 Å². The smallest absolute Gasteiger partial charge is 0.348 e. The zero-order valence-electron chi connectivity index (χ0n) is 16.3. The molecule has 0 aliphatic heterocycles. The lowest BCUT2D eigenvalue weighted by atomic mass is 10.1. The maximum Gasteiger partial charge on any atom is 0.416 e. The third kappa shape index (κ3) is 6.20. The Balaban J connectivity index is 1.53. The second-order valence-corrected chi connectivity index (χ2v) is 7.35. The lowest BCUT2D eigenvalue weighted by Crippen LogP contribution is -2.21. The minimum Gasteiger partial charge on any atom is -0.348 e. The van der Waals surface area contributed by atoms with Crippen LogP contribution in [0.4, 0.5) is 18.9 Å². The molecule has 30 heavy (non-hydrogen) atoms. The summed E-state index contributed by atoms with van der Waals surface area (Å²) in [4.78, 5) is 24.3. The van der Waals surface area contributed by atoms with E-state index in [9.17, 15) is 22.8 Å². The van der Waals surface area contributed by atoms with E-state index in [0.717, 1.165) is 43.4 Å². The Labute approximate surface area is 173 Å². The number of rotatable bonds is 6. The minimum absolute atomic E-state index is 0.0257. The molecular weight excluding hydrogens is 393 g/mol. The number of carbonyl (C=O) groups is 2. The average Bonchev–Trinajstić information content (AvgIpc) is 3.26. The van der Waals surface area contributed by atoms with Gasteiger partial charge in [0.2, 0.25) is 11.8 Å². The summed E-state index contributed by atoms with van der Waals surface area (Å²) in [6.45, 7) is 0.235. The van der Waals surface area contributed by atoms with Crippen LogP contribution in [0.5, 0.6) is 0 Å². The fourth-order valence-corrected chi connectivity index (χ4v) is 3.43. The van der Waals surface area contributed by atoms with Gasteiger partial charge >= 0.3 is 6.18 Å². The molecule has 7 heteroatoms. The number of carbonyl (C=O) groups excluding carboxylic acids is 2. The molecule has 0 atom stereocenters. The zero-order chi connectivity index (χ0) is 21.6. The molecule has 0 unspecified atom stereocenters. The summed E-state index contributed by atoms with van der Waals surface area (Å²) in [5.74, 6) is -0.333. The van der Waals surface area contributed by atoms with Crippen LogP contribution in [0.25, 0.3) is 6.08 Å². The summed E-state index contributed by atoms with van der Waals surface area (Å²) in [5.41, 5.74) is 1.01. The largest absolute Gasteiger partial charge is 0.416 e. The summed E-state index contributed by atoms with van der Waals surface area (Å²) in [6.07, 6.45) is 2.10. The van der Waals surface area contributed by atoms with Crippen LogP contribution in [0.15, 0.2) is 54.6 Å². The van der Waals surface area contributed by atoms with Crippen LogP contribution < -0.4 is 10.6 Å². The maximum atomic E-state index is 12.7. The molecule has 1 fully saturated rings. The highest BCUT2D eigenvalue weighted by atomic mass is 19.4. The van der Waals surface area contributed by atoms with E-state index in [-0.39, 0.29) is 23.9 Å². The highest BCUT2D eigenvalue weighted by molar-refractivity contribution is 5.93. The lowest BCUT2D eigenvalue weighted by Gasteiger charge is -2.11. The van der Waals surface area contributed by atoms with Gasteiger partial charge in [0.1, 0.15) is 0 Å². The Bertz CT molecular complexity index is 932. The van der Waals surface area contributed by atoms with E-state index < -0.39 is 17.6 Å². The molecule has 158 valence electrons. The van der Waals surface area contributed by atoms with E-state index in [4.69, 9.17) is 0 Å². The van der Waals surface area contributed by atoms with Crippen LogP contribution in [-0.4, -0.2) is 11.8 Å². The molecule has 3 rings (SSSR count). The van der Waals surface area contributed by atoms with Gasteiger partial charge in [-0.15, -0.1) is 0 Å². The highest BCUT2D eigenvalue weighted by Crippen LogP contribution is 2.29. The molecule has 4 nitrogen and oxygen atoms in total. The van der Waals surface area contributed by atoms with E-state index >= 15 is 0 Å². The van der Waals surface area contributed by atoms with Gasteiger partial charge in [0.05, 0.1) is 5.56 Å². The average molecular weight is 416 g/mol. The first-order valence-corrected chi connectivity index (χ1v) is 9.84. The van der Waals surface area contributed by atoms with E-state index in [0.29, 0.717) is 5.69 Å². The molecule has 0 bridgehead atoms. The van der Waals surface area contributed by atoms with Gasteiger partial charge in [-0.25, -0.2) is 0 Å². The van der Waals surface area contributed by atoms with Gasteiger partial charge < -0.3 is 10.6 Å². The summed E-state index contributed by atoms with van der Waals surface area (Å²) in [5, 5.41) is 5.61. The number of anilines is 1. The summed E-state index contributed by atoms with van der Waals surface area (Å²) in [7, 11) is 0. The summed E-state index contributed by atoms with van der Waals surface area (Å²) in [6, 6.07) is 12.0. The van der Waals surface area contributed by atoms with Gasteiger partial charge in [0.25, 0.3) is 0 Å². The van der Waals surface area contributed by atoms with Gasteiger partial charge in [0.15, 0.2) is 0 Å². The first kappa shape index (κ1) is 21.6. The quantitative estimate of drug-likeness (QED) is 0.639. The molecule has 0 heterocycles. The van der Waals surface area contributed by atoms with Crippen LogP contribution in [0, 0.1) is 5.92 Å². The number of nitrogens with one attached hydrogen (secondary N) is 2. The predicted molar refractivity (Wildman–Crippen MR) is 109 cm³/mol. The molecule has 0 saturated heterocycles. The molecule has 1 aliphatic rings. The van der Waals surface area contributed by atoms with Gasteiger partial charge in [-0.3, -0.25) is 9.59 Å². The topological polar surface area (TPSA) is 58.2 Å². The van der Waals surface area contributed by atoms with E-state index in [2.05, 4.69) is 10.6 Å². The Morgan fingerprint density at radius 3 is 2.50 bits per heavy atom. The van der Waals surface area contributed by atoms with E-state index in [1.54, 1.807) is 18.2 Å². The first-order chi connectivity index (χ1) is 14.3. The fourth-order valence-electron chi connectivity index (χ4n) is 3.43. The van der Waals surface area contributed by atoms with Crippen molar-refractivity contribution in [1.82, 2.24) is 5.32 Å². The van der Waals surface area contributed by atoms with Crippen molar-refractivity contribution < 1.29 is 22.8 Å². The van der Waals surface area contributed by atoms with Crippen molar-refractivity contribution in [2.75, 3.05) is 5.32 Å². The third-order valence-electron chi connectivity index (χ3n) is 5.03. The van der Waals surface area contributed by atoms with Crippen molar-refractivity contribution in [3.8, 4) is 0 Å². The van der Waals surface area contributed by atoms with Gasteiger partial charge in [-0.1, -0.05) is 37.1 Å². The SMILES string of the molecule is O=C(C=Cc1cccc(C(F)(F)F)c1)NCc1cccc(NC(=O)C2CCCC2)c1. The number of halogens is 3. The molecule has 0 spiro atoms. The molecule has 2 amide bonds. The van der Waals surface area contributed by atoms with Crippen LogP contribution >= 0.6 is 0 Å². The van der Waals surface area contributed by atoms with Crippen LogP contribution in [0.1, 0.15) is 42.4 Å². The number of benzene rings is 2. The number of hydrogen-bond donors (Lipinski definition) is 2. The fraction of sp³-hybridized carbons (Fsp3) is 0.304. The van der Waals surface area contributed by atoms with Gasteiger partial charge in [-0.2, -0.15) is 13.2 Å². The third-order valence-corrected chi connectivity index (χ3v) is 5.03. The Morgan fingerprint density at radius 2 is 1.77 bits per heavy atom. The molecule has 1 aliphatic carbocycles. The predicted octanol–water partition coefficient (Wildman–Crippen LogP) is 5.16. The Morgan fingerprint density at radius 1 is 1.03 bits per heavy atom. The Kier molecular flexibility index (Phi) is 6.92. The molecule has 2 aromatic carbocycles. The van der Waals surface area contributed by atoms with Crippen molar-refractivity contribution in [3.63, 3.8) is 0 Å². The highest BCUT2D eigenvalue weighted by Gasteiger charge is 2.30. The van der Waals surface area contributed by atoms with Crippen molar-refractivity contribution in [2.24, 2.45) is 5.92 Å². The number of alkyl halides is 3. The van der Waals surface area contributed by atoms with Gasteiger partial charge in [0, 0.05) is 24.2 Å². The van der Waals surface area contributed by atoms with Crippen LogP contribution in [0.3, 0.4) is 0 Å². The van der Waals surface area contributed by atoms with Crippen LogP contribution in [-0.2, 0) is 22.3 Å². The second kappa shape index (κ2) is 9.61. The number of amides is 2. The van der Waals surface area contributed by atoms with Crippen molar-refractivity contribution in [2.45, 2.75) is 38.4 Å². The standard InChI is InChI=1S/C23H23F3N2O2/c24-23(25,26)19-9-3-5-16(13-19)11-12-21(29)27-15-17-6-4-10-20(14-17)28-22(30)18-7-1-2-8-18/h3-6,9-14,18H,1-2,7-8,15H2,(H,27,29)(H,28,30). The first-order valence-electron chi connectivity index (χ1n) is 9.84. The van der Waals surface area contributed by atoms with Crippen molar-refractivity contribution in [3.05, 3.63) is 71.3 Å². The lowest BCUT2D eigenvalue weighted by molar-refractivity contribution is -0.137. The molecule has 2 N–H and O–H groups in total. The second-order valence-electron chi connectivity index (χ2n) is 7.35. The molecular formula is C23H23F3N2O2. The monoisotopic (exact) mass is 416 g/mol. The number of hydrogen-bond acceptors (Lipinski definition) is 2. The van der Waals surface area contributed by atoms with Gasteiger partial charge in [-0.05, 0) is 54.3 Å². The molecule has 1 saturated carbocycles. The Hall–Kier alpha value is -3.09. The van der Waals surface area contributed by atoms with E-state index in [1.165, 1.54) is 24.3 Å². The van der Waals surface area contributed by atoms with E-state index in [1.807, 2.05) is 6.07 Å². The van der Waals surface area contributed by atoms with Crippen molar-refractivity contribution >= 4 is 23.6 Å². The zero-order valence-corrected chi connectivity index (χ0v) is 16.3. The molecule has 2 aromatic rings.